The number of rotatable bonds is 3. The summed E-state index contributed by atoms with van der Waals surface area (Å²) in [6, 6.07) is 7.64. The zero-order valence-corrected chi connectivity index (χ0v) is 8.66. The van der Waals surface area contributed by atoms with Crippen molar-refractivity contribution in [2.45, 2.75) is 0 Å². The van der Waals surface area contributed by atoms with Crippen molar-refractivity contribution >= 4 is 28.4 Å². The van der Waals surface area contributed by atoms with Crippen LogP contribution in [-0.4, -0.2) is 17.1 Å². The van der Waals surface area contributed by atoms with Gasteiger partial charge in [-0.15, -0.1) is 0 Å². The normalized spacial score (nSPS) is 10.5. The van der Waals surface area contributed by atoms with E-state index in [0.717, 1.165) is 10.9 Å². The number of amides is 1. The Labute approximate surface area is 91.6 Å². The van der Waals surface area contributed by atoms with E-state index in [1.165, 1.54) is 0 Å². The fourth-order valence-corrected chi connectivity index (χ4v) is 1.69. The molecule has 1 aromatic heterocycles. The minimum absolute atomic E-state index is 0.0784. The minimum Gasteiger partial charge on any atom is -0.368 e. The lowest BCUT2D eigenvalue weighted by atomic mass is 10.2. The van der Waals surface area contributed by atoms with Gasteiger partial charge in [0.25, 0.3) is 0 Å². The van der Waals surface area contributed by atoms with Crippen LogP contribution in [0.4, 0.5) is 0 Å². The fraction of sp³-hybridized carbons (Fsp3) is 0.100. The molecule has 1 heterocycles. The molecule has 0 aliphatic carbocycles. The van der Waals surface area contributed by atoms with Gasteiger partial charge in [0.1, 0.15) is 6.54 Å². The molecule has 0 atom stereocenters. The largest absolute Gasteiger partial charge is 0.368 e. The molecule has 0 saturated carbocycles. The van der Waals surface area contributed by atoms with Crippen molar-refractivity contribution in [3.05, 3.63) is 35.5 Å². The number of carbonyl (C=O) groups is 1. The molecule has 0 fully saturated rings. The molecule has 15 heavy (non-hydrogen) atoms. The third kappa shape index (κ3) is 1.89. The number of nitrogens with two attached hydrogens (primary N) is 1. The molecule has 1 amide bonds. The lowest BCUT2D eigenvalue weighted by Crippen LogP contribution is -2.27. The van der Waals surface area contributed by atoms with Crippen LogP contribution in [0.15, 0.2) is 30.5 Å². The third-order valence-electron chi connectivity index (χ3n) is 2.09. The Bertz CT molecular complexity index is 506. The second-order valence-electron chi connectivity index (χ2n) is 3.17. The van der Waals surface area contributed by atoms with E-state index in [2.05, 4.69) is 5.43 Å². The summed E-state index contributed by atoms with van der Waals surface area (Å²) in [5.41, 5.74) is 8.83. The van der Waals surface area contributed by atoms with Crippen LogP contribution in [0.2, 0.25) is 5.02 Å². The molecular weight excluding hydrogens is 214 g/mol. The van der Waals surface area contributed by atoms with Gasteiger partial charge in [0.15, 0.2) is 0 Å². The summed E-state index contributed by atoms with van der Waals surface area (Å²) < 4.78 is 1.70. The molecule has 2 rings (SSSR count). The SMILES string of the molecule is NC(=O)CNn1cc(Cl)c2ccccc21. The smallest absolute Gasteiger partial charge is 0.238 e. The van der Waals surface area contributed by atoms with Gasteiger partial charge in [-0.2, -0.15) is 0 Å². The Balaban J connectivity index is 2.39. The van der Waals surface area contributed by atoms with Crippen LogP contribution in [0.1, 0.15) is 0 Å². The Morgan fingerprint density at radius 1 is 1.47 bits per heavy atom. The molecule has 0 radical (unpaired) electrons. The molecule has 0 spiro atoms. The molecule has 0 saturated heterocycles. The molecule has 78 valence electrons. The summed E-state index contributed by atoms with van der Waals surface area (Å²) in [6.07, 6.45) is 1.72. The highest BCUT2D eigenvalue weighted by atomic mass is 35.5. The minimum atomic E-state index is -0.413. The number of halogens is 1. The monoisotopic (exact) mass is 223 g/mol. The number of hydrogen-bond acceptors (Lipinski definition) is 2. The van der Waals surface area contributed by atoms with Crippen molar-refractivity contribution in [2.75, 3.05) is 12.0 Å². The summed E-state index contributed by atoms with van der Waals surface area (Å²) in [5, 5.41) is 1.58. The van der Waals surface area contributed by atoms with E-state index in [1.807, 2.05) is 24.3 Å². The van der Waals surface area contributed by atoms with Gasteiger partial charge in [-0.3, -0.25) is 9.47 Å². The van der Waals surface area contributed by atoms with Gasteiger partial charge in [-0.05, 0) is 6.07 Å². The highest BCUT2D eigenvalue weighted by Crippen LogP contribution is 2.24. The standard InChI is InChI=1S/C10H10ClN3O/c11-8-6-14(13-5-10(12)15)9-4-2-1-3-7(8)9/h1-4,6,13H,5H2,(H2,12,15). The zero-order valence-electron chi connectivity index (χ0n) is 7.90. The van der Waals surface area contributed by atoms with Gasteiger partial charge >= 0.3 is 0 Å². The van der Waals surface area contributed by atoms with Crippen LogP contribution < -0.4 is 11.2 Å². The van der Waals surface area contributed by atoms with Gasteiger partial charge in [-0.1, -0.05) is 29.8 Å². The van der Waals surface area contributed by atoms with Crippen LogP contribution in [-0.2, 0) is 4.79 Å². The number of para-hydroxylation sites is 1. The average molecular weight is 224 g/mol. The molecule has 0 aliphatic heterocycles. The molecule has 0 bridgehead atoms. The third-order valence-corrected chi connectivity index (χ3v) is 2.39. The van der Waals surface area contributed by atoms with E-state index >= 15 is 0 Å². The van der Waals surface area contributed by atoms with Crippen LogP contribution in [0.25, 0.3) is 10.9 Å². The number of aromatic nitrogens is 1. The molecule has 0 aliphatic rings. The van der Waals surface area contributed by atoms with Crippen molar-refractivity contribution in [3.63, 3.8) is 0 Å². The second-order valence-corrected chi connectivity index (χ2v) is 3.57. The second kappa shape index (κ2) is 3.82. The topological polar surface area (TPSA) is 60.1 Å². The van der Waals surface area contributed by atoms with Crippen molar-refractivity contribution in [3.8, 4) is 0 Å². The van der Waals surface area contributed by atoms with Crippen molar-refractivity contribution < 1.29 is 4.79 Å². The van der Waals surface area contributed by atoms with E-state index in [-0.39, 0.29) is 6.54 Å². The predicted octanol–water partition coefficient (Wildman–Crippen LogP) is 1.32. The van der Waals surface area contributed by atoms with E-state index in [4.69, 9.17) is 17.3 Å². The van der Waals surface area contributed by atoms with E-state index in [1.54, 1.807) is 10.9 Å². The highest BCUT2D eigenvalue weighted by molar-refractivity contribution is 6.35. The lowest BCUT2D eigenvalue weighted by molar-refractivity contribution is -0.116. The summed E-state index contributed by atoms with van der Waals surface area (Å²) in [7, 11) is 0. The summed E-state index contributed by atoms with van der Waals surface area (Å²) in [6.45, 7) is 0.0784. The maximum Gasteiger partial charge on any atom is 0.238 e. The molecule has 4 nitrogen and oxygen atoms in total. The van der Waals surface area contributed by atoms with Crippen molar-refractivity contribution in [1.82, 2.24) is 4.68 Å². The highest BCUT2D eigenvalue weighted by Gasteiger charge is 2.05. The van der Waals surface area contributed by atoms with E-state index in [0.29, 0.717) is 5.02 Å². The van der Waals surface area contributed by atoms with Crippen LogP contribution >= 0.6 is 11.6 Å². The number of carbonyl (C=O) groups excluding carboxylic acids is 1. The molecule has 5 heteroatoms. The van der Waals surface area contributed by atoms with Gasteiger partial charge < -0.3 is 11.2 Å². The van der Waals surface area contributed by atoms with Crippen molar-refractivity contribution in [1.29, 1.82) is 0 Å². The lowest BCUT2D eigenvalue weighted by Gasteiger charge is -2.06. The summed E-state index contributed by atoms with van der Waals surface area (Å²) in [4.78, 5) is 10.6. The van der Waals surface area contributed by atoms with Crippen LogP contribution in [0.3, 0.4) is 0 Å². The first-order valence-electron chi connectivity index (χ1n) is 4.46. The molecule has 3 N–H and O–H groups in total. The fourth-order valence-electron chi connectivity index (χ4n) is 1.43. The molecule has 1 aromatic carbocycles. The molecule has 0 unspecified atom stereocenters. The van der Waals surface area contributed by atoms with E-state index < -0.39 is 5.91 Å². The maximum absolute atomic E-state index is 10.6. The number of nitrogens with one attached hydrogen (secondary N) is 1. The number of hydrogen-bond donors (Lipinski definition) is 2. The first kappa shape index (κ1) is 9.86. The Morgan fingerprint density at radius 2 is 2.20 bits per heavy atom. The van der Waals surface area contributed by atoms with Gasteiger partial charge in [-0.25, -0.2) is 0 Å². The van der Waals surface area contributed by atoms with E-state index in [9.17, 15) is 4.79 Å². The van der Waals surface area contributed by atoms with Crippen LogP contribution in [0.5, 0.6) is 0 Å². The molecule has 2 aromatic rings. The Kier molecular flexibility index (Phi) is 2.51. The van der Waals surface area contributed by atoms with Gasteiger partial charge in [0.2, 0.25) is 5.91 Å². The summed E-state index contributed by atoms with van der Waals surface area (Å²) >= 11 is 6.02. The quantitative estimate of drug-likeness (QED) is 0.825. The van der Waals surface area contributed by atoms with Crippen LogP contribution in [0, 0.1) is 0 Å². The van der Waals surface area contributed by atoms with Gasteiger partial charge in [0, 0.05) is 11.6 Å². The van der Waals surface area contributed by atoms with Crippen molar-refractivity contribution in [2.24, 2.45) is 5.73 Å². The Hall–Kier alpha value is -1.68. The molecular formula is C10H10ClN3O. The Morgan fingerprint density at radius 3 is 2.93 bits per heavy atom. The zero-order chi connectivity index (χ0) is 10.8. The first-order valence-corrected chi connectivity index (χ1v) is 4.84. The first-order chi connectivity index (χ1) is 7.18. The number of benzene rings is 1. The number of nitrogens with zero attached hydrogens (tertiary/aromatic N) is 1. The maximum atomic E-state index is 10.6. The summed E-state index contributed by atoms with van der Waals surface area (Å²) in [5.74, 6) is -0.413. The number of primary amides is 1. The predicted molar refractivity (Wildman–Crippen MR) is 60.4 cm³/mol. The van der Waals surface area contributed by atoms with Gasteiger partial charge in [0.05, 0.1) is 10.5 Å². The average Bonchev–Trinajstić information content (AvgIpc) is 2.54. The number of fused-ring (bicyclic) bond motifs is 1.